The Bertz CT molecular complexity index is 457. The standard InChI is InChI=1S/C14H21NO4/c1-14(2,13(16)19-5)12(15)9-7-6-8-10(17-3)11(9)18-4/h6-8,12H,15H2,1-5H3/t12-/m1/s1. The van der Waals surface area contributed by atoms with Gasteiger partial charge in [-0.3, -0.25) is 4.79 Å². The molecule has 1 aromatic carbocycles. The first-order chi connectivity index (χ1) is 8.89. The molecule has 5 nitrogen and oxygen atoms in total. The van der Waals surface area contributed by atoms with Crippen molar-refractivity contribution in [2.45, 2.75) is 19.9 Å². The second kappa shape index (κ2) is 5.93. The highest BCUT2D eigenvalue weighted by Crippen LogP contribution is 2.40. The Morgan fingerprint density at radius 3 is 2.32 bits per heavy atom. The highest BCUT2D eigenvalue weighted by Gasteiger charge is 2.38. The van der Waals surface area contributed by atoms with Gasteiger partial charge < -0.3 is 19.9 Å². The van der Waals surface area contributed by atoms with Crippen molar-refractivity contribution in [3.8, 4) is 11.5 Å². The maximum atomic E-state index is 11.8. The number of esters is 1. The normalized spacial score (nSPS) is 12.7. The van der Waals surface area contributed by atoms with E-state index in [9.17, 15) is 4.79 Å². The average molecular weight is 267 g/mol. The van der Waals surface area contributed by atoms with E-state index in [4.69, 9.17) is 19.9 Å². The Labute approximate surface area is 113 Å². The van der Waals surface area contributed by atoms with Gasteiger partial charge in [-0.1, -0.05) is 12.1 Å². The monoisotopic (exact) mass is 267 g/mol. The van der Waals surface area contributed by atoms with Crippen molar-refractivity contribution in [1.82, 2.24) is 0 Å². The predicted molar refractivity (Wildman–Crippen MR) is 72.3 cm³/mol. The van der Waals surface area contributed by atoms with Gasteiger partial charge in [-0.25, -0.2) is 0 Å². The van der Waals surface area contributed by atoms with Crippen molar-refractivity contribution in [3.05, 3.63) is 23.8 Å². The molecule has 0 saturated heterocycles. The first-order valence-electron chi connectivity index (χ1n) is 5.95. The summed E-state index contributed by atoms with van der Waals surface area (Å²) in [6, 6.07) is 4.84. The molecule has 0 bridgehead atoms. The number of nitrogens with two attached hydrogens (primary N) is 1. The molecule has 1 atom stereocenters. The third-order valence-electron chi connectivity index (χ3n) is 3.26. The van der Waals surface area contributed by atoms with Crippen LogP contribution < -0.4 is 15.2 Å². The number of benzene rings is 1. The molecule has 0 aliphatic carbocycles. The van der Waals surface area contributed by atoms with Crippen LogP contribution in [0.3, 0.4) is 0 Å². The molecule has 0 aliphatic rings. The van der Waals surface area contributed by atoms with Crippen LogP contribution in [0.15, 0.2) is 18.2 Å². The molecule has 0 amide bonds. The Morgan fingerprint density at radius 1 is 1.21 bits per heavy atom. The Morgan fingerprint density at radius 2 is 1.84 bits per heavy atom. The van der Waals surface area contributed by atoms with E-state index in [1.807, 2.05) is 12.1 Å². The average Bonchev–Trinajstić information content (AvgIpc) is 2.44. The van der Waals surface area contributed by atoms with Crippen LogP contribution in [0.1, 0.15) is 25.5 Å². The van der Waals surface area contributed by atoms with Gasteiger partial charge in [0.25, 0.3) is 0 Å². The summed E-state index contributed by atoms with van der Waals surface area (Å²) in [5.41, 5.74) is 6.05. The fourth-order valence-electron chi connectivity index (χ4n) is 1.94. The van der Waals surface area contributed by atoms with E-state index in [1.54, 1.807) is 34.1 Å². The van der Waals surface area contributed by atoms with Crippen LogP contribution in [0, 0.1) is 5.41 Å². The maximum Gasteiger partial charge on any atom is 0.313 e. The van der Waals surface area contributed by atoms with E-state index in [0.717, 1.165) is 0 Å². The third-order valence-corrected chi connectivity index (χ3v) is 3.26. The van der Waals surface area contributed by atoms with Crippen molar-refractivity contribution in [3.63, 3.8) is 0 Å². The lowest BCUT2D eigenvalue weighted by atomic mass is 9.80. The van der Waals surface area contributed by atoms with E-state index in [1.165, 1.54) is 7.11 Å². The second-order valence-corrected chi connectivity index (χ2v) is 4.77. The van der Waals surface area contributed by atoms with Gasteiger partial charge in [0.15, 0.2) is 11.5 Å². The lowest BCUT2D eigenvalue weighted by Gasteiger charge is -2.30. The summed E-state index contributed by atoms with van der Waals surface area (Å²) in [6.07, 6.45) is 0. The van der Waals surface area contributed by atoms with Crippen LogP contribution in [-0.2, 0) is 9.53 Å². The van der Waals surface area contributed by atoms with E-state index >= 15 is 0 Å². The van der Waals surface area contributed by atoms with Crippen LogP contribution in [0.2, 0.25) is 0 Å². The summed E-state index contributed by atoms with van der Waals surface area (Å²) >= 11 is 0. The summed E-state index contributed by atoms with van der Waals surface area (Å²) < 4.78 is 15.4. The Balaban J connectivity index is 3.26. The number of carbonyl (C=O) groups is 1. The zero-order valence-corrected chi connectivity index (χ0v) is 12.0. The van der Waals surface area contributed by atoms with Crippen LogP contribution in [-0.4, -0.2) is 27.3 Å². The minimum absolute atomic E-state index is 0.370. The van der Waals surface area contributed by atoms with Crippen molar-refractivity contribution < 1.29 is 19.0 Å². The third kappa shape index (κ3) is 2.81. The molecule has 2 N–H and O–H groups in total. The molecule has 0 spiro atoms. The Kier molecular flexibility index (Phi) is 4.78. The van der Waals surface area contributed by atoms with Crippen LogP contribution in [0.4, 0.5) is 0 Å². The number of para-hydroxylation sites is 1. The molecular weight excluding hydrogens is 246 g/mol. The van der Waals surface area contributed by atoms with Gasteiger partial charge >= 0.3 is 5.97 Å². The molecule has 5 heteroatoms. The van der Waals surface area contributed by atoms with Crippen molar-refractivity contribution in [2.75, 3.05) is 21.3 Å². The smallest absolute Gasteiger partial charge is 0.313 e. The number of methoxy groups -OCH3 is 3. The van der Waals surface area contributed by atoms with Crippen molar-refractivity contribution in [2.24, 2.45) is 11.1 Å². The lowest BCUT2D eigenvalue weighted by Crippen LogP contribution is -2.37. The Hall–Kier alpha value is -1.75. The number of hydrogen-bond acceptors (Lipinski definition) is 5. The van der Waals surface area contributed by atoms with Crippen molar-refractivity contribution in [1.29, 1.82) is 0 Å². The summed E-state index contributed by atoms with van der Waals surface area (Å²) in [4.78, 5) is 11.8. The topological polar surface area (TPSA) is 70.8 Å². The number of carbonyl (C=O) groups excluding carboxylic acids is 1. The first-order valence-corrected chi connectivity index (χ1v) is 5.95. The van der Waals surface area contributed by atoms with E-state index in [-0.39, 0.29) is 5.97 Å². The van der Waals surface area contributed by atoms with Crippen LogP contribution >= 0.6 is 0 Å². The molecule has 0 saturated carbocycles. The number of ether oxygens (including phenoxy) is 3. The van der Waals surface area contributed by atoms with Crippen LogP contribution in [0.5, 0.6) is 11.5 Å². The molecule has 1 aromatic rings. The summed E-state index contributed by atoms with van der Waals surface area (Å²) in [6.45, 7) is 3.48. The maximum absolute atomic E-state index is 11.8. The second-order valence-electron chi connectivity index (χ2n) is 4.77. The SMILES string of the molecule is COC(=O)C(C)(C)[C@H](N)c1cccc(OC)c1OC. The largest absolute Gasteiger partial charge is 0.493 e. The molecule has 0 radical (unpaired) electrons. The van der Waals surface area contributed by atoms with E-state index in [0.29, 0.717) is 17.1 Å². The van der Waals surface area contributed by atoms with Gasteiger partial charge in [-0.2, -0.15) is 0 Å². The number of rotatable bonds is 5. The van der Waals surface area contributed by atoms with Gasteiger partial charge in [0.2, 0.25) is 0 Å². The minimum atomic E-state index is -0.867. The summed E-state index contributed by atoms with van der Waals surface area (Å²) in [7, 11) is 4.44. The predicted octanol–water partition coefficient (Wildman–Crippen LogP) is 1.90. The van der Waals surface area contributed by atoms with E-state index in [2.05, 4.69) is 0 Å². The van der Waals surface area contributed by atoms with Crippen molar-refractivity contribution >= 4 is 5.97 Å². The molecule has 0 unspecified atom stereocenters. The number of hydrogen-bond donors (Lipinski definition) is 1. The molecule has 0 heterocycles. The molecule has 0 aliphatic heterocycles. The first kappa shape index (κ1) is 15.3. The molecule has 106 valence electrons. The van der Waals surface area contributed by atoms with Crippen LogP contribution in [0.25, 0.3) is 0 Å². The van der Waals surface area contributed by atoms with Gasteiger partial charge in [-0.15, -0.1) is 0 Å². The minimum Gasteiger partial charge on any atom is -0.493 e. The highest BCUT2D eigenvalue weighted by molar-refractivity contribution is 5.77. The molecule has 0 aromatic heterocycles. The van der Waals surface area contributed by atoms with Gasteiger partial charge in [-0.05, 0) is 19.9 Å². The fraction of sp³-hybridized carbons (Fsp3) is 0.500. The zero-order chi connectivity index (χ0) is 14.6. The molecule has 0 fully saturated rings. The summed E-state index contributed by atoms with van der Waals surface area (Å²) in [5.74, 6) is 0.746. The van der Waals surface area contributed by atoms with Gasteiger partial charge in [0, 0.05) is 11.6 Å². The zero-order valence-electron chi connectivity index (χ0n) is 12.0. The summed E-state index contributed by atoms with van der Waals surface area (Å²) in [5, 5.41) is 0. The molecule has 1 rings (SSSR count). The molecular formula is C14H21NO4. The van der Waals surface area contributed by atoms with Gasteiger partial charge in [0.05, 0.1) is 26.7 Å². The molecule has 19 heavy (non-hydrogen) atoms. The lowest BCUT2D eigenvalue weighted by molar-refractivity contribution is -0.152. The van der Waals surface area contributed by atoms with Gasteiger partial charge in [0.1, 0.15) is 0 Å². The highest BCUT2D eigenvalue weighted by atomic mass is 16.5. The van der Waals surface area contributed by atoms with E-state index < -0.39 is 11.5 Å². The fourth-order valence-corrected chi connectivity index (χ4v) is 1.94. The quantitative estimate of drug-likeness (QED) is 0.825.